The van der Waals surface area contributed by atoms with Crippen molar-refractivity contribution in [1.29, 1.82) is 0 Å². The molecule has 0 saturated heterocycles. The van der Waals surface area contributed by atoms with Crippen molar-refractivity contribution in [2.45, 2.75) is 32.7 Å². The molecule has 142 valence electrons. The van der Waals surface area contributed by atoms with Crippen molar-refractivity contribution in [1.82, 2.24) is 15.3 Å². The molecule has 0 aliphatic rings. The van der Waals surface area contributed by atoms with Gasteiger partial charge in [0.05, 0.1) is 11.0 Å². The molecule has 0 spiro atoms. The molecule has 0 unspecified atom stereocenters. The van der Waals surface area contributed by atoms with Crippen molar-refractivity contribution in [3.63, 3.8) is 0 Å². The highest BCUT2D eigenvalue weighted by molar-refractivity contribution is 5.94. The van der Waals surface area contributed by atoms with E-state index in [1.165, 1.54) is 0 Å². The van der Waals surface area contributed by atoms with Gasteiger partial charge in [0.1, 0.15) is 18.1 Å². The first-order valence-corrected chi connectivity index (χ1v) is 9.43. The van der Waals surface area contributed by atoms with E-state index in [1.807, 2.05) is 30.3 Å². The second-order valence-electron chi connectivity index (χ2n) is 6.31. The number of ether oxygens (including phenoxy) is 1. The van der Waals surface area contributed by atoms with E-state index < -0.39 is 0 Å². The van der Waals surface area contributed by atoms with E-state index in [0.717, 1.165) is 36.1 Å². The normalized spacial score (nSPS) is 10.2. The van der Waals surface area contributed by atoms with E-state index in [0.29, 0.717) is 24.4 Å². The number of unbranched alkanes of at least 4 members (excludes halogenated alkanes) is 2. The summed E-state index contributed by atoms with van der Waals surface area (Å²) < 4.78 is 5.66. The van der Waals surface area contributed by atoms with Crippen molar-refractivity contribution in [3.05, 3.63) is 66.0 Å². The van der Waals surface area contributed by atoms with Crippen LogP contribution in [0.3, 0.4) is 0 Å². The predicted molar refractivity (Wildman–Crippen MR) is 110 cm³/mol. The zero-order valence-corrected chi connectivity index (χ0v) is 15.9. The minimum atomic E-state index is -0.223. The number of hydrogen-bond donors (Lipinski definition) is 1. The number of carbonyl (C=O) groups excluding carboxylic acids is 1. The Morgan fingerprint density at radius 1 is 1.11 bits per heavy atom. The maximum atomic E-state index is 12.4. The Morgan fingerprint density at radius 3 is 2.93 bits per heavy atom. The molecule has 2 heterocycles. The van der Waals surface area contributed by atoms with Crippen LogP contribution in [0.15, 0.2) is 54.7 Å². The summed E-state index contributed by atoms with van der Waals surface area (Å²) in [5.74, 6) is 6.64. The summed E-state index contributed by atoms with van der Waals surface area (Å²) in [6.45, 7) is 2.91. The van der Waals surface area contributed by atoms with Gasteiger partial charge in [0.15, 0.2) is 0 Å². The van der Waals surface area contributed by atoms with Crippen LogP contribution < -0.4 is 10.1 Å². The topological polar surface area (TPSA) is 64.1 Å². The van der Waals surface area contributed by atoms with E-state index >= 15 is 0 Å². The number of hydrogen-bond acceptors (Lipinski definition) is 4. The second kappa shape index (κ2) is 10.1. The number of rotatable bonds is 7. The quantitative estimate of drug-likeness (QED) is 0.500. The number of nitrogens with one attached hydrogen (secondary N) is 1. The second-order valence-corrected chi connectivity index (χ2v) is 6.31. The maximum Gasteiger partial charge on any atom is 0.270 e. The van der Waals surface area contributed by atoms with Gasteiger partial charge >= 0.3 is 0 Å². The van der Waals surface area contributed by atoms with Gasteiger partial charge in [-0.2, -0.15) is 0 Å². The minimum absolute atomic E-state index is 0.223. The van der Waals surface area contributed by atoms with Crippen molar-refractivity contribution in [2.75, 3.05) is 6.61 Å². The van der Waals surface area contributed by atoms with Crippen LogP contribution in [0.4, 0.5) is 0 Å². The lowest BCUT2D eigenvalue weighted by Crippen LogP contribution is -2.23. The molecular weight excluding hydrogens is 350 g/mol. The summed E-state index contributed by atoms with van der Waals surface area (Å²) in [7, 11) is 0. The largest absolute Gasteiger partial charge is 0.481 e. The SMILES string of the molecule is CCCCC#CCOc1cccc(CNC(=O)c2ccc3ncccc3n2)c1. The van der Waals surface area contributed by atoms with E-state index in [-0.39, 0.29) is 5.91 Å². The fourth-order valence-corrected chi connectivity index (χ4v) is 2.63. The summed E-state index contributed by atoms with van der Waals surface area (Å²) in [4.78, 5) is 21.0. The van der Waals surface area contributed by atoms with Crippen LogP contribution in [-0.2, 0) is 6.54 Å². The lowest BCUT2D eigenvalue weighted by atomic mass is 10.2. The Morgan fingerprint density at radius 2 is 2.04 bits per heavy atom. The van der Waals surface area contributed by atoms with Crippen LogP contribution in [0.5, 0.6) is 5.75 Å². The van der Waals surface area contributed by atoms with Gasteiger partial charge in [-0.15, -0.1) is 0 Å². The lowest BCUT2D eigenvalue weighted by Gasteiger charge is -2.08. The Kier molecular flexibility index (Phi) is 6.97. The summed E-state index contributed by atoms with van der Waals surface area (Å²) in [5.41, 5.74) is 2.79. The lowest BCUT2D eigenvalue weighted by molar-refractivity contribution is 0.0946. The fourth-order valence-electron chi connectivity index (χ4n) is 2.63. The monoisotopic (exact) mass is 373 g/mol. The molecule has 3 rings (SSSR count). The molecule has 5 nitrogen and oxygen atoms in total. The Bertz CT molecular complexity index is 1010. The Hall–Kier alpha value is -3.39. The van der Waals surface area contributed by atoms with Gasteiger partial charge in [-0.05, 0) is 48.4 Å². The summed E-state index contributed by atoms with van der Waals surface area (Å²) in [6, 6.07) is 14.8. The molecule has 1 N–H and O–H groups in total. The Balaban J connectivity index is 1.54. The molecule has 0 fully saturated rings. The summed E-state index contributed by atoms with van der Waals surface area (Å²) >= 11 is 0. The van der Waals surface area contributed by atoms with Crippen molar-refractivity contribution < 1.29 is 9.53 Å². The molecule has 0 bridgehead atoms. The average Bonchev–Trinajstić information content (AvgIpc) is 2.74. The summed E-state index contributed by atoms with van der Waals surface area (Å²) in [6.07, 6.45) is 4.88. The number of nitrogens with zero attached hydrogens (tertiary/aromatic N) is 2. The van der Waals surface area contributed by atoms with Crippen LogP contribution in [0.25, 0.3) is 11.0 Å². The number of carbonyl (C=O) groups is 1. The number of amides is 1. The van der Waals surface area contributed by atoms with E-state index in [1.54, 1.807) is 24.4 Å². The highest BCUT2D eigenvalue weighted by Crippen LogP contribution is 2.14. The number of fused-ring (bicyclic) bond motifs is 1. The fraction of sp³-hybridized carbons (Fsp3) is 0.261. The molecular formula is C23H23N3O2. The van der Waals surface area contributed by atoms with Gasteiger partial charge in [-0.1, -0.05) is 37.3 Å². The molecule has 28 heavy (non-hydrogen) atoms. The third kappa shape index (κ3) is 5.55. The van der Waals surface area contributed by atoms with Crippen LogP contribution >= 0.6 is 0 Å². The van der Waals surface area contributed by atoms with Gasteiger partial charge in [0, 0.05) is 19.2 Å². The van der Waals surface area contributed by atoms with Crippen LogP contribution in [0, 0.1) is 11.8 Å². The molecule has 0 aliphatic heterocycles. The summed E-state index contributed by atoms with van der Waals surface area (Å²) in [5, 5.41) is 2.89. The number of pyridine rings is 2. The molecule has 5 heteroatoms. The smallest absolute Gasteiger partial charge is 0.270 e. The molecule has 0 saturated carbocycles. The van der Waals surface area contributed by atoms with Crippen LogP contribution in [0.1, 0.15) is 42.2 Å². The first-order valence-electron chi connectivity index (χ1n) is 9.43. The molecule has 1 aromatic carbocycles. The van der Waals surface area contributed by atoms with Gasteiger partial charge in [-0.3, -0.25) is 9.78 Å². The maximum absolute atomic E-state index is 12.4. The van der Waals surface area contributed by atoms with Crippen LogP contribution in [0.2, 0.25) is 0 Å². The standard InChI is InChI=1S/C23H23N3O2/c1-2-3-4-5-6-15-28-19-10-7-9-18(16-19)17-25-23(27)22-13-12-20-21(26-22)11-8-14-24-20/h7-14,16H,2-4,15,17H2,1H3,(H,25,27). The van der Waals surface area contributed by atoms with Gasteiger partial charge in [-0.25, -0.2) is 4.98 Å². The van der Waals surface area contributed by atoms with Gasteiger partial charge in [0.25, 0.3) is 5.91 Å². The zero-order chi connectivity index (χ0) is 19.6. The van der Waals surface area contributed by atoms with E-state index in [4.69, 9.17) is 4.74 Å². The molecule has 2 aromatic heterocycles. The first kappa shape index (κ1) is 19.4. The molecule has 3 aromatic rings. The number of aromatic nitrogens is 2. The zero-order valence-electron chi connectivity index (χ0n) is 15.9. The molecule has 0 atom stereocenters. The van der Waals surface area contributed by atoms with Crippen molar-refractivity contribution >= 4 is 16.9 Å². The Labute approximate surface area is 165 Å². The number of benzene rings is 1. The van der Waals surface area contributed by atoms with E-state index in [9.17, 15) is 4.79 Å². The third-order valence-electron chi connectivity index (χ3n) is 4.13. The van der Waals surface area contributed by atoms with Gasteiger partial charge < -0.3 is 10.1 Å². The highest BCUT2D eigenvalue weighted by Gasteiger charge is 2.08. The first-order chi connectivity index (χ1) is 13.8. The third-order valence-corrected chi connectivity index (χ3v) is 4.13. The molecule has 1 amide bonds. The van der Waals surface area contributed by atoms with Crippen molar-refractivity contribution in [2.24, 2.45) is 0 Å². The minimum Gasteiger partial charge on any atom is -0.481 e. The molecule has 0 aliphatic carbocycles. The van der Waals surface area contributed by atoms with Crippen LogP contribution in [-0.4, -0.2) is 22.5 Å². The predicted octanol–water partition coefficient (Wildman–Crippen LogP) is 4.13. The highest BCUT2D eigenvalue weighted by atomic mass is 16.5. The van der Waals surface area contributed by atoms with Gasteiger partial charge in [0.2, 0.25) is 0 Å². The van der Waals surface area contributed by atoms with Crippen molar-refractivity contribution in [3.8, 4) is 17.6 Å². The average molecular weight is 373 g/mol. The molecule has 0 radical (unpaired) electrons. The van der Waals surface area contributed by atoms with E-state index in [2.05, 4.69) is 34.0 Å².